The highest BCUT2D eigenvalue weighted by molar-refractivity contribution is 6.30. The third kappa shape index (κ3) is 4.39. The van der Waals surface area contributed by atoms with Gasteiger partial charge in [-0.3, -0.25) is 0 Å². The standard InChI is InChI=1S/C29H27ClO3/c1-4-33-28(32)27(31)29(2,3)25-18-24(19-10-6-5-7-11-19)22-12-8-9-13-23(22)26(25)20-14-16-21(30)17-15-20/h5-18,27,31H,4H2,1-3H3. The van der Waals surface area contributed by atoms with Crippen molar-refractivity contribution < 1.29 is 14.6 Å². The van der Waals surface area contributed by atoms with E-state index in [1.54, 1.807) is 6.92 Å². The number of esters is 1. The molecule has 0 aliphatic heterocycles. The maximum atomic E-state index is 12.6. The largest absolute Gasteiger partial charge is 0.464 e. The Morgan fingerprint density at radius 2 is 1.52 bits per heavy atom. The number of rotatable bonds is 6. The lowest BCUT2D eigenvalue weighted by atomic mass is 9.73. The van der Waals surface area contributed by atoms with Crippen LogP contribution >= 0.6 is 11.6 Å². The Morgan fingerprint density at radius 1 is 0.909 bits per heavy atom. The first-order valence-corrected chi connectivity index (χ1v) is 11.4. The van der Waals surface area contributed by atoms with Crippen molar-refractivity contribution in [2.24, 2.45) is 0 Å². The van der Waals surface area contributed by atoms with E-state index in [9.17, 15) is 9.90 Å². The van der Waals surface area contributed by atoms with Gasteiger partial charge in [0.25, 0.3) is 0 Å². The topological polar surface area (TPSA) is 46.5 Å². The maximum absolute atomic E-state index is 12.6. The molecule has 0 radical (unpaired) electrons. The predicted molar refractivity (Wildman–Crippen MR) is 135 cm³/mol. The lowest BCUT2D eigenvalue weighted by Crippen LogP contribution is -2.41. The minimum Gasteiger partial charge on any atom is -0.464 e. The summed E-state index contributed by atoms with van der Waals surface area (Å²) in [6.07, 6.45) is -1.33. The normalized spacial score (nSPS) is 12.5. The minimum atomic E-state index is -1.33. The van der Waals surface area contributed by atoms with Crippen LogP contribution in [0.5, 0.6) is 0 Å². The van der Waals surface area contributed by atoms with Crippen molar-refractivity contribution in [2.75, 3.05) is 6.61 Å². The zero-order valence-corrected chi connectivity index (χ0v) is 19.8. The van der Waals surface area contributed by atoms with Gasteiger partial charge >= 0.3 is 5.97 Å². The van der Waals surface area contributed by atoms with E-state index in [0.717, 1.165) is 38.6 Å². The summed E-state index contributed by atoms with van der Waals surface area (Å²) < 4.78 is 5.17. The van der Waals surface area contributed by atoms with Gasteiger partial charge in [0.1, 0.15) is 0 Å². The van der Waals surface area contributed by atoms with Gasteiger partial charge in [-0.1, -0.05) is 92.2 Å². The molecule has 4 heteroatoms. The molecule has 1 atom stereocenters. The van der Waals surface area contributed by atoms with Crippen LogP contribution in [0.4, 0.5) is 0 Å². The van der Waals surface area contributed by atoms with E-state index in [1.165, 1.54) is 0 Å². The third-order valence-corrected chi connectivity index (χ3v) is 6.40. The highest BCUT2D eigenvalue weighted by Gasteiger charge is 2.39. The first kappa shape index (κ1) is 23.0. The average molecular weight is 459 g/mol. The van der Waals surface area contributed by atoms with E-state index in [-0.39, 0.29) is 6.61 Å². The molecule has 0 saturated heterocycles. The van der Waals surface area contributed by atoms with Crippen molar-refractivity contribution in [3.63, 3.8) is 0 Å². The third-order valence-electron chi connectivity index (χ3n) is 6.15. The molecule has 0 aromatic heterocycles. The molecule has 4 aromatic rings. The number of aliphatic hydroxyl groups is 1. The second-order valence-corrected chi connectivity index (χ2v) is 9.08. The second kappa shape index (κ2) is 9.38. The molecule has 0 amide bonds. The lowest BCUT2D eigenvalue weighted by Gasteiger charge is -2.33. The van der Waals surface area contributed by atoms with Crippen LogP contribution in [0.1, 0.15) is 26.3 Å². The molecule has 0 spiro atoms. The molecule has 0 aliphatic carbocycles. The summed E-state index contributed by atoms with van der Waals surface area (Å²) >= 11 is 6.18. The highest BCUT2D eigenvalue weighted by Crippen LogP contribution is 2.44. The van der Waals surface area contributed by atoms with Crippen LogP contribution in [0.25, 0.3) is 33.0 Å². The second-order valence-electron chi connectivity index (χ2n) is 8.64. The molecule has 168 valence electrons. The van der Waals surface area contributed by atoms with Crippen LogP contribution < -0.4 is 0 Å². The average Bonchev–Trinajstić information content (AvgIpc) is 2.83. The van der Waals surface area contributed by atoms with Crippen molar-refractivity contribution in [3.05, 3.63) is 95.5 Å². The van der Waals surface area contributed by atoms with Gasteiger partial charge in [-0.15, -0.1) is 0 Å². The first-order valence-electron chi connectivity index (χ1n) is 11.1. The maximum Gasteiger partial charge on any atom is 0.335 e. The Kier molecular flexibility index (Phi) is 6.55. The molecule has 0 saturated carbocycles. The Labute approximate surface area is 199 Å². The monoisotopic (exact) mass is 458 g/mol. The fourth-order valence-electron chi connectivity index (χ4n) is 4.33. The number of carbonyl (C=O) groups excluding carboxylic acids is 1. The predicted octanol–water partition coefficient (Wildman–Crippen LogP) is 7.03. The zero-order chi connectivity index (χ0) is 23.6. The van der Waals surface area contributed by atoms with E-state index in [0.29, 0.717) is 5.02 Å². The molecule has 4 rings (SSSR count). The summed E-state index contributed by atoms with van der Waals surface area (Å²) in [6, 6.07) is 28.1. The summed E-state index contributed by atoms with van der Waals surface area (Å²) in [6.45, 7) is 5.71. The van der Waals surface area contributed by atoms with Crippen LogP contribution in [-0.4, -0.2) is 23.8 Å². The van der Waals surface area contributed by atoms with Gasteiger partial charge in [0.15, 0.2) is 6.10 Å². The molecule has 3 nitrogen and oxygen atoms in total. The number of carbonyl (C=O) groups is 1. The SMILES string of the molecule is CCOC(=O)C(O)C(C)(C)c1cc(-c2ccccc2)c2ccccc2c1-c1ccc(Cl)cc1. The first-order chi connectivity index (χ1) is 15.8. The Bertz CT molecular complexity index is 1280. The van der Waals surface area contributed by atoms with Gasteiger partial charge in [0, 0.05) is 10.4 Å². The van der Waals surface area contributed by atoms with Crippen molar-refractivity contribution in [1.29, 1.82) is 0 Å². The fourth-order valence-corrected chi connectivity index (χ4v) is 4.46. The molecule has 1 N–H and O–H groups in total. The van der Waals surface area contributed by atoms with E-state index in [1.807, 2.05) is 68.4 Å². The van der Waals surface area contributed by atoms with Gasteiger partial charge in [-0.05, 0) is 63.7 Å². The molecule has 4 aromatic carbocycles. The molecule has 0 heterocycles. The van der Waals surface area contributed by atoms with Crippen LogP contribution in [0, 0.1) is 0 Å². The van der Waals surface area contributed by atoms with Crippen LogP contribution in [-0.2, 0) is 14.9 Å². The molecule has 0 aliphatic rings. The molecule has 1 unspecified atom stereocenters. The number of ether oxygens (including phenoxy) is 1. The Morgan fingerprint density at radius 3 is 2.15 bits per heavy atom. The van der Waals surface area contributed by atoms with E-state index >= 15 is 0 Å². The summed E-state index contributed by atoms with van der Waals surface area (Å²) in [5, 5.41) is 13.9. The van der Waals surface area contributed by atoms with Gasteiger partial charge in [0.05, 0.1) is 6.61 Å². The number of fused-ring (bicyclic) bond motifs is 1. The summed E-state index contributed by atoms with van der Waals surface area (Å²) in [7, 11) is 0. The van der Waals surface area contributed by atoms with Crippen LogP contribution in [0.2, 0.25) is 5.02 Å². The number of hydrogen-bond acceptors (Lipinski definition) is 3. The van der Waals surface area contributed by atoms with Gasteiger partial charge in [0.2, 0.25) is 0 Å². The molecule has 33 heavy (non-hydrogen) atoms. The number of aliphatic hydroxyl groups excluding tert-OH is 1. The number of halogens is 1. The minimum absolute atomic E-state index is 0.211. The van der Waals surface area contributed by atoms with E-state index < -0.39 is 17.5 Å². The van der Waals surface area contributed by atoms with Crippen molar-refractivity contribution >= 4 is 28.3 Å². The lowest BCUT2D eigenvalue weighted by molar-refractivity contribution is -0.156. The van der Waals surface area contributed by atoms with Crippen molar-refractivity contribution in [2.45, 2.75) is 32.3 Å². The van der Waals surface area contributed by atoms with Crippen LogP contribution in [0.3, 0.4) is 0 Å². The Balaban J connectivity index is 2.08. The molecule has 0 bridgehead atoms. The number of hydrogen-bond donors (Lipinski definition) is 1. The summed E-state index contributed by atoms with van der Waals surface area (Å²) in [4.78, 5) is 12.6. The zero-order valence-electron chi connectivity index (χ0n) is 19.0. The van der Waals surface area contributed by atoms with Gasteiger partial charge < -0.3 is 9.84 Å². The molecular formula is C29H27ClO3. The highest BCUT2D eigenvalue weighted by atomic mass is 35.5. The summed E-state index contributed by atoms with van der Waals surface area (Å²) in [5.74, 6) is -0.626. The number of benzene rings is 4. The van der Waals surface area contributed by atoms with E-state index in [4.69, 9.17) is 16.3 Å². The van der Waals surface area contributed by atoms with Gasteiger partial charge in [-0.25, -0.2) is 4.79 Å². The van der Waals surface area contributed by atoms with Gasteiger partial charge in [-0.2, -0.15) is 0 Å². The molecule has 0 fully saturated rings. The smallest absolute Gasteiger partial charge is 0.335 e. The van der Waals surface area contributed by atoms with E-state index in [2.05, 4.69) is 30.3 Å². The van der Waals surface area contributed by atoms with Crippen molar-refractivity contribution in [3.8, 4) is 22.3 Å². The van der Waals surface area contributed by atoms with Crippen molar-refractivity contribution in [1.82, 2.24) is 0 Å². The quantitative estimate of drug-likeness (QED) is 0.315. The molecular weight excluding hydrogens is 432 g/mol. The fraction of sp³-hybridized carbons (Fsp3) is 0.207. The van der Waals surface area contributed by atoms with Crippen LogP contribution in [0.15, 0.2) is 84.9 Å². The Hall–Kier alpha value is -3.14. The summed E-state index contributed by atoms with van der Waals surface area (Å²) in [5.41, 5.74) is 3.99.